The Balaban J connectivity index is 3.80. The molecule has 0 spiro atoms. The molecule has 1 rings (SSSR count). The lowest BCUT2D eigenvalue weighted by atomic mass is 9.66. The van der Waals surface area contributed by atoms with Gasteiger partial charge in [0.05, 0.1) is 29.7 Å². The predicted octanol–water partition coefficient (Wildman–Crippen LogP) is 1.08. The lowest BCUT2D eigenvalue weighted by Gasteiger charge is -2.32. The Labute approximate surface area is 110 Å². The van der Waals surface area contributed by atoms with E-state index in [1.54, 1.807) is 32.1 Å². The maximum absolute atomic E-state index is 11.4. The van der Waals surface area contributed by atoms with E-state index in [1.807, 2.05) is 0 Å². The number of allylic oxidation sites excluding steroid dienone is 1. The molecular weight excluding hydrogens is 246 g/mol. The van der Waals surface area contributed by atoms with E-state index in [0.717, 1.165) is 0 Å². The highest BCUT2D eigenvalue weighted by atomic mass is 16.6. The third kappa shape index (κ3) is 1.47. The van der Waals surface area contributed by atoms with Crippen molar-refractivity contribution in [1.82, 2.24) is 0 Å². The Morgan fingerprint density at radius 2 is 1.84 bits per heavy atom. The van der Waals surface area contributed by atoms with Crippen LogP contribution in [0.5, 0.6) is 0 Å². The monoisotopic (exact) mass is 259 g/mol. The number of hydrogen-bond acceptors (Lipinski definition) is 6. The molecule has 98 valence electrons. The quantitative estimate of drug-likeness (QED) is 0.580. The minimum atomic E-state index is -1.87. The van der Waals surface area contributed by atoms with Crippen molar-refractivity contribution < 1.29 is 4.92 Å². The van der Waals surface area contributed by atoms with Gasteiger partial charge < -0.3 is 5.73 Å². The van der Waals surface area contributed by atoms with Crippen LogP contribution < -0.4 is 5.73 Å². The highest BCUT2D eigenvalue weighted by molar-refractivity contribution is 5.54. The topological polar surface area (TPSA) is 141 Å². The standard InChI is InChI=1S/C12H13N5O2/c1-7(2)9-11(3,17(18)19)10(16)8(4-13)12(9,5-14)6-15/h7,9H,16H2,1-3H3/t9-,11+/m0/s1. The number of nitrogens with zero attached hydrogens (tertiary/aromatic N) is 4. The van der Waals surface area contributed by atoms with Gasteiger partial charge in [0.25, 0.3) is 5.54 Å². The van der Waals surface area contributed by atoms with Crippen molar-refractivity contribution in [2.45, 2.75) is 26.3 Å². The number of nitrogens with two attached hydrogens (primary N) is 1. The summed E-state index contributed by atoms with van der Waals surface area (Å²) in [6.45, 7) is 4.60. The number of rotatable bonds is 2. The zero-order valence-electron chi connectivity index (χ0n) is 10.8. The van der Waals surface area contributed by atoms with Gasteiger partial charge in [-0.1, -0.05) is 13.8 Å². The molecule has 0 aromatic rings. The van der Waals surface area contributed by atoms with Crippen LogP contribution in [0.25, 0.3) is 0 Å². The average molecular weight is 259 g/mol. The fourth-order valence-electron chi connectivity index (χ4n) is 3.00. The van der Waals surface area contributed by atoms with E-state index in [4.69, 9.17) is 11.0 Å². The maximum Gasteiger partial charge on any atom is 0.265 e. The molecule has 0 fully saturated rings. The normalized spacial score (nSPS) is 28.6. The van der Waals surface area contributed by atoms with Crippen molar-refractivity contribution >= 4 is 0 Å². The van der Waals surface area contributed by atoms with E-state index in [-0.39, 0.29) is 17.2 Å². The van der Waals surface area contributed by atoms with Crippen LogP contribution >= 0.6 is 0 Å². The molecule has 1 aliphatic carbocycles. The van der Waals surface area contributed by atoms with Crippen LogP contribution in [-0.2, 0) is 0 Å². The third-order valence-corrected chi connectivity index (χ3v) is 3.79. The van der Waals surface area contributed by atoms with Gasteiger partial charge in [-0.3, -0.25) is 10.1 Å². The number of hydrogen-bond donors (Lipinski definition) is 1. The molecule has 7 heteroatoms. The molecule has 0 heterocycles. The minimum Gasteiger partial charge on any atom is -0.395 e. The molecule has 0 aromatic carbocycles. The Morgan fingerprint density at radius 1 is 1.37 bits per heavy atom. The minimum absolute atomic E-state index is 0.290. The lowest BCUT2D eigenvalue weighted by Crippen LogP contribution is -2.50. The van der Waals surface area contributed by atoms with Gasteiger partial charge in [-0.15, -0.1) is 0 Å². The Morgan fingerprint density at radius 3 is 2.11 bits per heavy atom. The van der Waals surface area contributed by atoms with Gasteiger partial charge in [0.15, 0.2) is 5.41 Å². The molecule has 0 saturated heterocycles. The van der Waals surface area contributed by atoms with Crippen molar-refractivity contribution in [3.05, 3.63) is 21.4 Å². The first kappa shape index (κ1) is 14.5. The zero-order valence-corrected chi connectivity index (χ0v) is 10.8. The van der Waals surface area contributed by atoms with Crippen molar-refractivity contribution in [2.24, 2.45) is 23.0 Å². The maximum atomic E-state index is 11.4. The zero-order chi connectivity index (χ0) is 15.0. The molecule has 7 nitrogen and oxygen atoms in total. The van der Waals surface area contributed by atoms with Crippen LogP contribution in [0.2, 0.25) is 0 Å². The van der Waals surface area contributed by atoms with Gasteiger partial charge in [0.2, 0.25) is 0 Å². The van der Waals surface area contributed by atoms with Crippen molar-refractivity contribution in [2.75, 3.05) is 0 Å². The first-order valence-electron chi connectivity index (χ1n) is 5.61. The molecule has 0 aromatic heterocycles. The number of nitriles is 3. The van der Waals surface area contributed by atoms with Crippen LogP contribution in [0, 0.1) is 61.4 Å². The average Bonchev–Trinajstić information content (AvgIpc) is 2.56. The SMILES string of the molecule is CC(C)[C@@H]1C(C#N)(C#N)C(C#N)=C(N)[C@]1(C)[N+](=O)[O-]. The van der Waals surface area contributed by atoms with Crippen LogP contribution in [0.1, 0.15) is 20.8 Å². The molecule has 2 N–H and O–H groups in total. The van der Waals surface area contributed by atoms with Gasteiger partial charge in [0, 0.05) is 11.8 Å². The Hall–Kier alpha value is -2.59. The van der Waals surface area contributed by atoms with E-state index < -0.39 is 21.8 Å². The summed E-state index contributed by atoms with van der Waals surface area (Å²) in [4.78, 5) is 10.8. The summed E-state index contributed by atoms with van der Waals surface area (Å²) in [7, 11) is 0. The summed E-state index contributed by atoms with van der Waals surface area (Å²) in [5.74, 6) is -1.33. The van der Waals surface area contributed by atoms with Gasteiger partial charge in [-0.2, -0.15) is 15.8 Å². The van der Waals surface area contributed by atoms with Crippen molar-refractivity contribution in [3.8, 4) is 18.2 Å². The van der Waals surface area contributed by atoms with Gasteiger partial charge in [-0.25, -0.2) is 0 Å². The van der Waals surface area contributed by atoms with E-state index in [1.165, 1.54) is 6.92 Å². The Kier molecular flexibility index (Phi) is 3.24. The highest BCUT2D eigenvalue weighted by Gasteiger charge is 2.68. The molecule has 0 aliphatic heterocycles. The summed E-state index contributed by atoms with van der Waals surface area (Å²) in [6.07, 6.45) is 0. The molecule has 0 amide bonds. The second kappa shape index (κ2) is 4.26. The molecule has 0 radical (unpaired) electrons. The van der Waals surface area contributed by atoms with Gasteiger partial charge >= 0.3 is 0 Å². The largest absolute Gasteiger partial charge is 0.395 e. The summed E-state index contributed by atoms with van der Waals surface area (Å²) in [5.41, 5.74) is 1.50. The van der Waals surface area contributed by atoms with Crippen LogP contribution in [0.3, 0.4) is 0 Å². The van der Waals surface area contributed by atoms with Crippen LogP contribution in [-0.4, -0.2) is 10.5 Å². The summed E-state index contributed by atoms with van der Waals surface area (Å²) < 4.78 is 0. The lowest BCUT2D eigenvalue weighted by molar-refractivity contribution is -0.566. The van der Waals surface area contributed by atoms with Crippen LogP contribution in [0.4, 0.5) is 0 Å². The van der Waals surface area contributed by atoms with Crippen molar-refractivity contribution in [1.29, 1.82) is 15.8 Å². The Bertz CT molecular complexity index is 573. The van der Waals surface area contributed by atoms with E-state index in [9.17, 15) is 20.6 Å². The second-order valence-corrected chi connectivity index (χ2v) is 5.06. The smallest absolute Gasteiger partial charge is 0.265 e. The molecule has 19 heavy (non-hydrogen) atoms. The fourth-order valence-corrected chi connectivity index (χ4v) is 3.00. The van der Waals surface area contributed by atoms with Crippen LogP contribution in [0.15, 0.2) is 11.3 Å². The van der Waals surface area contributed by atoms with E-state index >= 15 is 0 Å². The molecule has 1 aliphatic rings. The predicted molar refractivity (Wildman–Crippen MR) is 64.2 cm³/mol. The summed E-state index contributed by atoms with van der Waals surface area (Å²) >= 11 is 0. The molecule has 2 atom stereocenters. The molecular formula is C12H13N5O2. The fraction of sp³-hybridized carbons (Fsp3) is 0.583. The van der Waals surface area contributed by atoms with E-state index in [0.29, 0.717) is 0 Å². The third-order valence-electron chi connectivity index (χ3n) is 3.79. The molecule has 0 unspecified atom stereocenters. The molecule has 0 saturated carbocycles. The number of nitro groups is 1. The first-order chi connectivity index (χ1) is 8.73. The summed E-state index contributed by atoms with van der Waals surface area (Å²) in [6, 6.07) is 5.25. The van der Waals surface area contributed by atoms with E-state index in [2.05, 4.69) is 0 Å². The van der Waals surface area contributed by atoms with Gasteiger partial charge in [-0.05, 0) is 5.92 Å². The molecule has 0 bridgehead atoms. The first-order valence-corrected chi connectivity index (χ1v) is 5.61. The highest BCUT2D eigenvalue weighted by Crippen LogP contribution is 2.54. The van der Waals surface area contributed by atoms with Crippen molar-refractivity contribution in [3.63, 3.8) is 0 Å². The second-order valence-electron chi connectivity index (χ2n) is 5.06. The van der Waals surface area contributed by atoms with Gasteiger partial charge in [0.1, 0.15) is 5.70 Å². The summed E-state index contributed by atoms with van der Waals surface area (Å²) in [5, 5.41) is 39.2.